The molecule has 0 aliphatic carbocycles. The lowest BCUT2D eigenvalue weighted by atomic mass is 10.2. The third-order valence-corrected chi connectivity index (χ3v) is 3.19. The van der Waals surface area contributed by atoms with Crippen molar-refractivity contribution in [1.82, 2.24) is 4.98 Å². The number of rotatable bonds is 4. The van der Waals surface area contributed by atoms with Gasteiger partial charge in [-0.3, -0.25) is 4.79 Å². The van der Waals surface area contributed by atoms with E-state index < -0.39 is 41.4 Å². The predicted molar refractivity (Wildman–Crippen MR) is 79.4 cm³/mol. The van der Waals surface area contributed by atoms with Crippen LogP contribution in [0.2, 0.25) is 0 Å². The number of anilines is 1. The van der Waals surface area contributed by atoms with E-state index in [1.807, 2.05) is 0 Å². The Morgan fingerprint density at radius 3 is 2.52 bits per heavy atom. The molecule has 2 aromatic rings. The van der Waals surface area contributed by atoms with Gasteiger partial charge in [-0.15, -0.1) is 0 Å². The van der Waals surface area contributed by atoms with Crippen molar-refractivity contribution in [2.75, 3.05) is 5.32 Å². The van der Waals surface area contributed by atoms with Gasteiger partial charge in [0.2, 0.25) is 11.8 Å². The number of nitrogens with zero attached hydrogens (tertiary/aromatic N) is 1. The highest BCUT2D eigenvalue weighted by Gasteiger charge is 2.39. The van der Waals surface area contributed by atoms with Gasteiger partial charge in [0.15, 0.2) is 6.10 Å². The van der Waals surface area contributed by atoms with Crippen LogP contribution in [0.1, 0.15) is 22.8 Å². The number of carbonyl (C=O) groups excluding carboxylic acids is 1. The lowest BCUT2D eigenvalue weighted by Crippen LogP contribution is -2.32. The first-order valence-corrected chi connectivity index (χ1v) is 7.05. The van der Waals surface area contributed by atoms with Crippen molar-refractivity contribution in [2.45, 2.75) is 26.1 Å². The Hall–Kier alpha value is -2.71. The molecule has 1 aromatic heterocycles. The van der Waals surface area contributed by atoms with Gasteiger partial charge in [-0.2, -0.15) is 22.5 Å². The molecule has 1 aromatic carbocycles. The molecule has 0 radical (unpaired) electrons. The minimum atomic E-state index is -4.73. The monoisotopic (exact) mass is 360 g/mol. The molecule has 1 atom stereocenters. The number of aryl methyl sites for hydroxylation is 1. The maximum absolute atomic E-state index is 13.7. The first kappa shape index (κ1) is 18.6. The molecule has 0 fully saturated rings. The van der Waals surface area contributed by atoms with Gasteiger partial charge >= 0.3 is 6.18 Å². The number of carbonyl (C=O) groups is 1. The van der Waals surface area contributed by atoms with E-state index in [0.717, 1.165) is 18.2 Å². The molecule has 134 valence electrons. The van der Waals surface area contributed by atoms with Crippen LogP contribution in [0.25, 0.3) is 0 Å². The fourth-order valence-corrected chi connectivity index (χ4v) is 1.84. The van der Waals surface area contributed by atoms with Crippen LogP contribution >= 0.6 is 0 Å². The van der Waals surface area contributed by atoms with E-state index in [2.05, 4.69) is 15.0 Å². The zero-order valence-corrected chi connectivity index (χ0v) is 13.1. The zero-order valence-electron chi connectivity index (χ0n) is 13.1. The van der Waals surface area contributed by atoms with E-state index in [1.165, 1.54) is 12.1 Å². The third kappa shape index (κ3) is 4.65. The summed E-state index contributed by atoms with van der Waals surface area (Å²) in [7, 11) is 0. The minimum absolute atomic E-state index is 0.177. The van der Waals surface area contributed by atoms with Crippen LogP contribution in [0.4, 0.5) is 27.6 Å². The van der Waals surface area contributed by atoms with E-state index in [4.69, 9.17) is 0 Å². The molecule has 9 heteroatoms. The number of halogens is 5. The lowest BCUT2D eigenvalue weighted by molar-refractivity contribution is -0.190. The quantitative estimate of drug-likeness (QED) is 0.655. The van der Waals surface area contributed by atoms with Gasteiger partial charge in [0, 0.05) is 0 Å². The molecule has 0 aliphatic heterocycles. The second-order valence-corrected chi connectivity index (χ2v) is 5.23. The molecule has 0 spiro atoms. The zero-order chi connectivity index (χ0) is 18.8. The van der Waals surface area contributed by atoms with E-state index in [9.17, 15) is 26.7 Å². The predicted octanol–water partition coefficient (Wildman–Crippen LogP) is 4.25. The SMILES string of the molecule is Cc1ccc(F)c(NC(=O)c2ccc(F)nc2OC(C)C(F)(F)F)c1. The summed E-state index contributed by atoms with van der Waals surface area (Å²) >= 11 is 0. The normalized spacial score (nSPS) is 12.6. The number of nitrogens with one attached hydrogen (secondary N) is 1. The smallest absolute Gasteiger partial charge is 0.425 e. The Labute approximate surface area is 139 Å². The van der Waals surface area contributed by atoms with Crippen LogP contribution in [0, 0.1) is 18.7 Å². The maximum Gasteiger partial charge on any atom is 0.425 e. The number of aromatic nitrogens is 1. The first-order chi connectivity index (χ1) is 11.6. The summed E-state index contributed by atoms with van der Waals surface area (Å²) in [6.45, 7) is 2.35. The van der Waals surface area contributed by atoms with Gasteiger partial charge in [-0.1, -0.05) is 6.07 Å². The summed E-state index contributed by atoms with van der Waals surface area (Å²) in [5.74, 6) is -3.68. The van der Waals surface area contributed by atoms with Crippen molar-refractivity contribution in [1.29, 1.82) is 0 Å². The third-order valence-electron chi connectivity index (χ3n) is 3.19. The molecule has 1 N–H and O–H groups in total. The Bertz CT molecular complexity index is 793. The highest BCUT2D eigenvalue weighted by atomic mass is 19.4. The van der Waals surface area contributed by atoms with Crippen LogP contribution < -0.4 is 10.1 Å². The average Bonchev–Trinajstić information content (AvgIpc) is 2.50. The highest BCUT2D eigenvalue weighted by molar-refractivity contribution is 6.05. The number of pyridine rings is 1. The van der Waals surface area contributed by atoms with Crippen molar-refractivity contribution in [3.8, 4) is 5.88 Å². The number of hydrogen-bond donors (Lipinski definition) is 1. The van der Waals surface area contributed by atoms with Gasteiger partial charge < -0.3 is 10.1 Å². The molecule has 4 nitrogen and oxygen atoms in total. The molecule has 1 heterocycles. The van der Waals surface area contributed by atoms with Crippen LogP contribution in [-0.4, -0.2) is 23.2 Å². The van der Waals surface area contributed by atoms with E-state index in [-0.39, 0.29) is 5.69 Å². The van der Waals surface area contributed by atoms with Crippen LogP contribution in [0.15, 0.2) is 30.3 Å². The second kappa shape index (κ2) is 7.04. The van der Waals surface area contributed by atoms with Gasteiger partial charge in [0.1, 0.15) is 11.4 Å². The summed E-state index contributed by atoms with van der Waals surface area (Å²) < 4.78 is 69.4. The highest BCUT2D eigenvalue weighted by Crippen LogP contribution is 2.27. The fraction of sp³-hybridized carbons (Fsp3) is 0.250. The molecule has 0 bridgehead atoms. The summed E-state index contributed by atoms with van der Waals surface area (Å²) in [4.78, 5) is 15.4. The lowest BCUT2D eigenvalue weighted by Gasteiger charge is -2.18. The first-order valence-electron chi connectivity index (χ1n) is 7.05. The summed E-state index contributed by atoms with van der Waals surface area (Å²) in [6.07, 6.45) is -7.05. The number of benzene rings is 1. The fourth-order valence-electron chi connectivity index (χ4n) is 1.84. The second-order valence-electron chi connectivity index (χ2n) is 5.23. The Morgan fingerprint density at radius 2 is 1.88 bits per heavy atom. The summed E-state index contributed by atoms with van der Waals surface area (Å²) in [5, 5.41) is 2.20. The molecule has 0 aliphatic rings. The number of amides is 1. The number of ether oxygens (including phenoxy) is 1. The van der Waals surface area contributed by atoms with E-state index in [1.54, 1.807) is 6.92 Å². The summed E-state index contributed by atoms with van der Waals surface area (Å²) in [5.41, 5.74) is 0.0126. The maximum atomic E-state index is 13.7. The Balaban J connectivity index is 2.31. The molecular formula is C16H13F5N2O2. The molecule has 1 amide bonds. The topological polar surface area (TPSA) is 51.2 Å². The average molecular weight is 360 g/mol. The van der Waals surface area contributed by atoms with Crippen molar-refractivity contribution < 1.29 is 31.5 Å². The van der Waals surface area contributed by atoms with Gasteiger partial charge in [-0.25, -0.2) is 4.39 Å². The molecule has 2 rings (SSSR count). The van der Waals surface area contributed by atoms with Gasteiger partial charge in [-0.05, 0) is 43.7 Å². The standard InChI is InChI=1S/C16H13F5N2O2/c1-8-3-5-11(17)12(7-8)22-14(24)10-4-6-13(18)23-15(10)25-9(2)16(19,20)21/h3-7,9H,1-2H3,(H,22,24). The van der Waals surface area contributed by atoms with Crippen LogP contribution in [0.5, 0.6) is 5.88 Å². The molecule has 0 saturated heterocycles. The van der Waals surface area contributed by atoms with Gasteiger partial charge in [0.05, 0.1) is 5.69 Å². The summed E-state index contributed by atoms with van der Waals surface area (Å²) in [6, 6.07) is 5.63. The molecule has 1 unspecified atom stereocenters. The van der Waals surface area contributed by atoms with E-state index >= 15 is 0 Å². The Kier molecular flexibility index (Phi) is 5.24. The molecule has 25 heavy (non-hydrogen) atoms. The minimum Gasteiger partial charge on any atom is -0.464 e. The number of hydrogen-bond acceptors (Lipinski definition) is 3. The van der Waals surface area contributed by atoms with Crippen LogP contribution in [-0.2, 0) is 0 Å². The number of alkyl halides is 3. The molecule has 0 saturated carbocycles. The van der Waals surface area contributed by atoms with Crippen molar-refractivity contribution >= 4 is 11.6 Å². The van der Waals surface area contributed by atoms with Gasteiger partial charge in [0.25, 0.3) is 5.91 Å². The van der Waals surface area contributed by atoms with Crippen molar-refractivity contribution in [2.24, 2.45) is 0 Å². The van der Waals surface area contributed by atoms with Crippen LogP contribution in [0.3, 0.4) is 0 Å². The Morgan fingerprint density at radius 1 is 1.20 bits per heavy atom. The van der Waals surface area contributed by atoms with Crippen molar-refractivity contribution in [3.05, 3.63) is 53.2 Å². The van der Waals surface area contributed by atoms with Crippen molar-refractivity contribution in [3.63, 3.8) is 0 Å². The van der Waals surface area contributed by atoms with E-state index in [0.29, 0.717) is 12.5 Å². The molecular weight excluding hydrogens is 347 g/mol. The largest absolute Gasteiger partial charge is 0.464 e.